The molecule has 1 aliphatic rings. The fourth-order valence-corrected chi connectivity index (χ4v) is 3.26. The summed E-state index contributed by atoms with van der Waals surface area (Å²) in [7, 11) is 1.58. The highest BCUT2D eigenvalue weighted by Gasteiger charge is 2.34. The number of hydrogen-bond donors (Lipinski definition) is 2. The SMILES string of the molecule is COCc1ccccc1NC(N)=NCc1ccc(N2CCOCC2)cc1C(F)(F)F.I. The van der Waals surface area contributed by atoms with Crippen molar-refractivity contribution >= 4 is 41.3 Å². The standard InChI is InChI=1S/C21H25F3N4O2.HI/c1-29-14-16-4-2-3-5-19(16)27-20(25)26-13-15-6-7-17(12-18(15)21(22,23)24)28-8-10-30-11-9-28;/h2-7,12H,8-11,13-14H2,1H3,(H3,25,26,27);1H. The van der Waals surface area contributed by atoms with Crippen molar-refractivity contribution in [2.75, 3.05) is 43.6 Å². The van der Waals surface area contributed by atoms with Crippen molar-refractivity contribution in [3.05, 3.63) is 59.2 Å². The second-order valence-corrected chi connectivity index (χ2v) is 6.86. The van der Waals surface area contributed by atoms with Crippen molar-refractivity contribution in [2.45, 2.75) is 19.3 Å². The van der Waals surface area contributed by atoms with Gasteiger partial charge in [-0.3, -0.25) is 0 Å². The maximum atomic E-state index is 13.7. The molecule has 2 aromatic rings. The molecule has 0 amide bonds. The quantitative estimate of drug-likeness (QED) is 0.320. The lowest BCUT2D eigenvalue weighted by molar-refractivity contribution is -0.138. The van der Waals surface area contributed by atoms with Gasteiger partial charge >= 0.3 is 6.18 Å². The van der Waals surface area contributed by atoms with E-state index in [0.29, 0.717) is 44.3 Å². The van der Waals surface area contributed by atoms with Crippen LogP contribution in [-0.4, -0.2) is 39.4 Å². The maximum absolute atomic E-state index is 13.7. The Kier molecular flexibility index (Phi) is 9.38. The molecule has 0 atom stereocenters. The highest BCUT2D eigenvalue weighted by atomic mass is 127. The molecule has 31 heavy (non-hydrogen) atoms. The number of halogens is 4. The van der Waals surface area contributed by atoms with E-state index in [4.69, 9.17) is 15.2 Å². The van der Waals surface area contributed by atoms with Crippen molar-refractivity contribution in [2.24, 2.45) is 10.7 Å². The Morgan fingerprint density at radius 2 is 1.87 bits per heavy atom. The highest BCUT2D eigenvalue weighted by Crippen LogP contribution is 2.35. The number of aliphatic imine (C=N–C) groups is 1. The molecule has 3 N–H and O–H groups in total. The zero-order valence-corrected chi connectivity index (χ0v) is 19.4. The summed E-state index contributed by atoms with van der Waals surface area (Å²) in [5, 5.41) is 2.93. The van der Waals surface area contributed by atoms with E-state index in [1.165, 1.54) is 12.1 Å². The van der Waals surface area contributed by atoms with E-state index in [1.807, 2.05) is 23.1 Å². The number of morpholine rings is 1. The molecule has 170 valence electrons. The highest BCUT2D eigenvalue weighted by molar-refractivity contribution is 14.0. The number of methoxy groups -OCH3 is 1. The lowest BCUT2D eigenvalue weighted by Gasteiger charge is -2.29. The predicted molar refractivity (Wildman–Crippen MR) is 126 cm³/mol. The third kappa shape index (κ3) is 6.97. The number of para-hydroxylation sites is 1. The Morgan fingerprint density at radius 3 is 2.55 bits per heavy atom. The summed E-state index contributed by atoms with van der Waals surface area (Å²) >= 11 is 0. The Morgan fingerprint density at radius 1 is 1.16 bits per heavy atom. The molecule has 0 spiro atoms. The topological polar surface area (TPSA) is 72.1 Å². The molecule has 0 radical (unpaired) electrons. The lowest BCUT2D eigenvalue weighted by atomic mass is 10.1. The van der Waals surface area contributed by atoms with E-state index in [1.54, 1.807) is 19.2 Å². The summed E-state index contributed by atoms with van der Waals surface area (Å²) in [4.78, 5) is 6.00. The third-order valence-corrected chi connectivity index (χ3v) is 4.77. The van der Waals surface area contributed by atoms with Crippen LogP contribution in [-0.2, 0) is 28.8 Å². The van der Waals surface area contributed by atoms with Gasteiger partial charge in [-0.15, -0.1) is 24.0 Å². The van der Waals surface area contributed by atoms with Crippen molar-refractivity contribution in [1.82, 2.24) is 0 Å². The molecular formula is C21H26F3IN4O2. The average molecular weight is 550 g/mol. The first kappa shape index (κ1) is 25.2. The predicted octanol–water partition coefficient (Wildman–Crippen LogP) is 4.23. The average Bonchev–Trinajstić information content (AvgIpc) is 2.74. The number of guanidine groups is 1. The van der Waals surface area contributed by atoms with E-state index in [0.717, 1.165) is 5.56 Å². The molecule has 3 rings (SSSR count). The second-order valence-electron chi connectivity index (χ2n) is 6.86. The molecule has 1 heterocycles. The van der Waals surface area contributed by atoms with Crippen LogP contribution in [0.5, 0.6) is 0 Å². The van der Waals surface area contributed by atoms with Crippen LogP contribution in [0.4, 0.5) is 24.5 Å². The first-order valence-corrected chi connectivity index (χ1v) is 9.55. The molecule has 1 aliphatic heterocycles. The van der Waals surface area contributed by atoms with Crippen LogP contribution in [0.2, 0.25) is 0 Å². The van der Waals surface area contributed by atoms with Crippen molar-refractivity contribution < 1.29 is 22.6 Å². The van der Waals surface area contributed by atoms with Crippen LogP contribution in [0.3, 0.4) is 0 Å². The van der Waals surface area contributed by atoms with Crippen molar-refractivity contribution in [3.63, 3.8) is 0 Å². The fourth-order valence-electron chi connectivity index (χ4n) is 3.26. The number of ether oxygens (including phenoxy) is 2. The van der Waals surface area contributed by atoms with Crippen LogP contribution in [0, 0.1) is 0 Å². The van der Waals surface area contributed by atoms with Gasteiger partial charge in [0.2, 0.25) is 0 Å². The van der Waals surface area contributed by atoms with Gasteiger partial charge in [0.15, 0.2) is 5.96 Å². The minimum atomic E-state index is -4.49. The van der Waals surface area contributed by atoms with Gasteiger partial charge in [0.1, 0.15) is 0 Å². The van der Waals surface area contributed by atoms with Gasteiger partial charge in [0.25, 0.3) is 0 Å². The minimum absolute atomic E-state index is 0. The molecule has 0 bridgehead atoms. The summed E-state index contributed by atoms with van der Waals surface area (Å²) in [5.41, 5.74) is 7.36. The zero-order valence-electron chi connectivity index (χ0n) is 17.1. The number of nitrogens with two attached hydrogens (primary N) is 1. The van der Waals surface area contributed by atoms with Gasteiger partial charge in [-0.25, -0.2) is 4.99 Å². The molecule has 10 heteroatoms. The Bertz CT molecular complexity index is 887. The van der Waals surface area contributed by atoms with Crippen LogP contribution < -0.4 is 16.0 Å². The lowest BCUT2D eigenvalue weighted by Crippen LogP contribution is -2.36. The number of alkyl halides is 3. The van der Waals surface area contributed by atoms with Crippen LogP contribution >= 0.6 is 24.0 Å². The van der Waals surface area contributed by atoms with Gasteiger partial charge in [-0.05, 0) is 23.8 Å². The van der Waals surface area contributed by atoms with E-state index in [2.05, 4.69) is 10.3 Å². The van der Waals surface area contributed by atoms with Crippen molar-refractivity contribution in [1.29, 1.82) is 0 Å². The number of nitrogens with one attached hydrogen (secondary N) is 1. The number of rotatable bonds is 6. The molecule has 0 aliphatic carbocycles. The number of benzene rings is 2. The number of nitrogens with zero attached hydrogens (tertiary/aromatic N) is 2. The first-order chi connectivity index (χ1) is 14.4. The number of anilines is 2. The van der Waals surface area contributed by atoms with Gasteiger partial charge in [0.05, 0.1) is 31.9 Å². The molecule has 1 fully saturated rings. The summed E-state index contributed by atoms with van der Waals surface area (Å²) in [6, 6.07) is 11.7. The minimum Gasteiger partial charge on any atom is -0.380 e. The van der Waals surface area contributed by atoms with Gasteiger partial charge in [0, 0.05) is 37.1 Å². The molecule has 0 unspecified atom stereocenters. The normalized spacial score (nSPS) is 14.8. The van der Waals surface area contributed by atoms with Gasteiger partial charge < -0.3 is 25.4 Å². The van der Waals surface area contributed by atoms with E-state index in [9.17, 15) is 13.2 Å². The largest absolute Gasteiger partial charge is 0.416 e. The second kappa shape index (κ2) is 11.5. The molecule has 1 saturated heterocycles. The van der Waals surface area contributed by atoms with Crippen LogP contribution in [0.15, 0.2) is 47.5 Å². The molecular weight excluding hydrogens is 524 g/mol. The van der Waals surface area contributed by atoms with Gasteiger partial charge in [-0.1, -0.05) is 24.3 Å². The first-order valence-electron chi connectivity index (χ1n) is 9.55. The summed E-state index contributed by atoms with van der Waals surface area (Å²) in [6.45, 7) is 2.31. The molecule has 6 nitrogen and oxygen atoms in total. The Hall–Kier alpha value is -2.05. The number of hydrogen-bond acceptors (Lipinski definition) is 4. The van der Waals surface area contributed by atoms with E-state index < -0.39 is 11.7 Å². The third-order valence-electron chi connectivity index (χ3n) is 4.77. The summed E-state index contributed by atoms with van der Waals surface area (Å²) in [6.07, 6.45) is -4.49. The zero-order chi connectivity index (χ0) is 21.6. The smallest absolute Gasteiger partial charge is 0.380 e. The fraction of sp³-hybridized carbons (Fsp3) is 0.381. The molecule has 2 aromatic carbocycles. The maximum Gasteiger partial charge on any atom is 0.416 e. The van der Waals surface area contributed by atoms with Crippen LogP contribution in [0.25, 0.3) is 0 Å². The van der Waals surface area contributed by atoms with E-state index in [-0.39, 0.29) is 42.0 Å². The van der Waals surface area contributed by atoms with Crippen molar-refractivity contribution in [3.8, 4) is 0 Å². The Labute approximate surface area is 196 Å². The van der Waals surface area contributed by atoms with E-state index >= 15 is 0 Å². The Balaban J connectivity index is 0.00000341. The molecule has 0 saturated carbocycles. The summed E-state index contributed by atoms with van der Waals surface area (Å²) < 4.78 is 51.4. The summed E-state index contributed by atoms with van der Waals surface area (Å²) in [5.74, 6) is 0.0314. The monoisotopic (exact) mass is 550 g/mol. The van der Waals surface area contributed by atoms with Crippen LogP contribution in [0.1, 0.15) is 16.7 Å². The van der Waals surface area contributed by atoms with Gasteiger partial charge in [-0.2, -0.15) is 13.2 Å². The molecule has 0 aromatic heterocycles.